The van der Waals surface area contributed by atoms with Crippen molar-refractivity contribution in [1.82, 2.24) is 24.7 Å². The standard InChI is InChI=1S/C24H18ClN5O3/c1-14-21(22(31)24-29-28-23(33-24)18-5-3-4-9-26-18)17-12-16(32-2)6-7-19(17)30(14)13-15-8-10-27-20(25)11-15/h3-12H,13H2,1-2H3. The SMILES string of the molecule is COc1ccc2c(c1)c(C(=O)c1nnc(-c3ccccn3)o1)c(C)n2Cc1ccnc(Cl)c1. The second kappa shape index (κ2) is 8.48. The number of hydrogen-bond acceptors (Lipinski definition) is 7. The van der Waals surface area contributed by atoms with Crippen LogP contribution in [0.5, 0.6) is 5.75 Å². The molecule has 4 aromatic heterocycles. The number of carbonyl (C=O) groups is 1. The lowest BCUT2D eigenvalue weighted by molar-refractivity contribution is 0.100. The van der Waals surface area contributed by atoms with Gasteiger partial charge in [-0.25, -0.2) is 4.98 Å². The van der Waals surface area contributed by atoms with Crippen molar-refractivity contribution in [2.75, 3.05) is 7.11 Å². The van der Waals surface area contributed by atoms with Crippen LogP contribution in [0.1, 0.15) is 27.5 Å². The van der Waals surface area contributed by atoms with Gasteiger partial charge in [0, 0.05) is 35.5 Å². The summed E-state index contributed by atoms with van der Waals surface area (Å²) in [6, 6.07) is 14.6. The Morgan fingerprint density at radius 1 is 1.09 bits per heavy atom. The van der Waals surface area contributed by atoms with Gasteiger partial charge in [0.1, 0.15) is 16.6 Å². The molecule has 0 saturated carbocycles. The molecule has 164 valence electrons. The average Bonchev–Trinajstić information content (AvgIpc) is 3.43. The predicted molar refractivity (Wildman–Crippen MR) is 123 cm³/mol. The third-order valence-electron chi connectivity index (χ3n) is 5.39. The van der Waals surface area contributed by atoms with Crippen LogP contribution in [0.25, 0.3) is 22.5 Å². The van der Waals surface area contributed by atoms with Crippen molar-refractivity contribution in [3.63, 3.8) is 0 Å². The van der Waals surface area contributed by atoms with Gasteiger partial charge in [-0.05, 0) is 55.0 Å². The van der Waals surface area contributed by atoms with Crippen LogP contribution >= 0.6 is 11.6 Å². The first-order valence-electron chi connectivity index (χ1n) is 10.1. The molecule has 0 fully saturated rings. The molecule has 33 heavy (non-hydrogen) atoms. The molecule has 0 spiro atoms. The Morgan fingerprint density at radius 2 is 1.97 bits per heavy atom. The van der Waals surface area contributed by atoms with Crippen molar-refractivity contribution in [1.29, 1.82) is 0 Å². The Kier molecular flexibility index (Phi) is 5.35. The smallest absolute Gasteiger partial charge is 0.289 e. The number of benzene rings is 1. The first-order valence-corrected chi connectivity index (χ1v) is 10.5. The number of ketones is 1. The predicted octanol–water partition coefficient (Wildman–Crippen LogP) is 4.73. The Hall–Kier alpha value is -4.04. The zero-order valence-corrected chi connectivity index (χ0v) is 18.6. The van der Waals surface area contributed by atoms with Gasteiger partial charge in [-0.1, -0.05) is 17.7 Å². The highest BCUT2D eigenvalue weighted by Crippen LogP contribution is 2.32. The zero-order chi connectivity index (χ0) is 22.9. The normalized spacial score (nSPS) is 11.1. The molecule has 0 aliphatic carbocycles. The highest BCUT2D eigenvalue weighted by atomic mass is 35.5. The number of halogens is 1. The van der Waals surface area contributed by atoms with Crippen LogP contribution in [0, 0.1) is 6.92 Å². The van der Waals surface area contributed by atoms with Crippen molar-refractivity contribution < 1.29 is 13.9 Å². The number of rotatable bonds is 6. The third kappa shape index (κ3) is 3.85. The van der Waals surface area contributed by atoms with Crippen LogP contribution in [0.2, 0.25) is 5.15 Å². The van der Waals surface area contributed by atoms with E-state index in [9.17, 15) is 4.79 Å². The molecule has 0 atom stereocenters. The first kappa shape index (κ1) is 20.8. The number of nitrogens with zero attached hydrogens (tertiary/aromatic N) is 5. The summed E-state index contributed by atoms with van der Waals surface area (Å²) in [4.78, 5) is 21.8. The molecule has 0 N–H and O–H groups in total. The zero-order valence-electron chi connectivity index (χ0n) is 17.8. The minimum atomic E-state index is -0.369. The quantitative estimate of drug-likeness (QED) is 0.267. The largest absolute Gasteiger partial charge is 0.497 e. The minimum absolute atomic E-state index is 0.104. The molecular weight excluding hydrogens is 442 g/mol. The van der Waals surface area contributed by atoms with E-state index in [1.165, 1.54) is 0 Å². The maximum absolute atomic E-state index is 13.5. The lowest BCUT2D eigenvalue weighted by Gasteiger charge is -2.09. The number of carbonyl (C=O) groups excluding carboxylic acids is 1. The maximum Gasteiger partial charge on any atom is 0.289 e. The summed E-state index contributed by atoms with van der Waals surface area (Å²) in [5.74, 6) is 0.351. The van der Waals surface area contributed by atoms with Crippen LogP contribution in [0.4, 0.5) is 0 Å². The van der Waals surface area contributed by atoms with Gasteiger partial charge in [0.05, 0.1) is 12.7 Å². The molecule has 0 unspecified atom stereocenters. The fraction of sp³-hybridized carbons (Fsp3) is 0.125. The molecule has 0 aliphatic heterocycles. The molecule has 0 bridgehead atoms. The van der Waals surface area contributed by atoms with E-state index in [1.807, 2.05) is 41.8 Å². The minimum Gasteiger partial charge on any atom is -0.497 e. The van der Waals surface area contributed by atoms with Gasteiger partial charge in [0.2, 0.25) is 0 Å². The van der Waals surface area contributed by atoms with Gasteiger partial charge in [-0.2, -0.15) is 0 Å². The number of pyridine rings is 2. The number of ether oxygens (including phenoxy) is 1. The maximum atomic E-state index is 13.5. The number of methoxy groups -OCH3 is 1. The first-order chi connectivity index (χ1) is 16.0. The van der Waals surface area contributed by atoms with Crippen molar-refractivity contribution in [2.45, 2.75) is 13.5 Å². The van der Waals surface area contributed by atoms with Crippen LogP contribution in [-0.4, -0.2) is 37.6 Å². The fourth-order valence-electron chi connectivity index (χ4n) is 3.82. The number of hydrogen-bond donors (Lipinski definition) is 0. The van der Waals surface area contributed by atoms with E-state index in [2.05, 4.69) is 20.2 Å². The van der Waals surface area contributed by atoms with E-state index >= 15 is 0 Å². The Morgan fingerprint density at radius 3 is 2.73 bits per heavy atom. The van der Waals surface area contributed by atoms with E-state index in [-0.39, 0.29) is 17.6 Å². The second-order valence-corrected chi connectivity index (χ2v) is 7.76. The van der Waals surface area contributed by atoms with Crippen molar-refractivity contribution in [3.05, 3.63) is 88.8 Å². The van der Waals surface area contributed by atoms with Crippen LogP contribution in [0.15, 0.2) is 65.3 Å². The van der Waals surface area contributed by atoms with E-state index in [0.717, 1.165) is 22.2 Å². The molecule has 0 saturated heterocycles. The number of aromatic nitrogens is 5. The van der Waals surface area contributed by atoms with Crippen molar-refractivity contribution in [2.24, 2.45) is 0 Å². The highest BCUT2D eigenvalue weighted by molar-refractivity contribution is 6.29. The second-order valence-electron chi connectivity index (χ2n) is 7.37. The number of fused-ring (bicyclic) bond motifs is 1. The molecule has 5 rings (SSSR count). The van der Waals surface area contributed by atoms with Gasteiger partial charge in [-0.15, -0.1) is 10.2 Å². The van der Waals surface area contributed by atoms with Gasteiger partial charge < -0.3 is 13.7 Å². The van der Waals surface area contributed by atoms with Crippen molar-refractivity contribution >= 4 is 28.3 Å². The van der Waals surface area contributed by atoms with Gasteiger partial charge in [0.15, 0.2) is 0 Å². The monoisotopic (exact) mass is 459 g/mol. The summed E-state index contributed by atoms with van der Waals surface area (Å²) in [6.45, 7) is 2.39. The van der Waals surface area contributed by atoms with Crippen LogP contribution in [-0.2, 0) is 6.54 Å². The summed E-state index contributed by atoms with van der Waals surface area (Å²) in [5.41, 5.74) is 3.56. The fourth-order valence-corrected chi connectivity index (χ4v) is 4.01. The van der Waals surface area contributed by atoms with E-state index in [0.29, 0.717) is 28.7 Å². The van der Waals surface area contributed by atoms with E-state index in [1.54, 1.807) is 37.7 Å². The van der Waals surface area contributed by atoms with Crippen LogP contribution in [0.3, 0.4) is 0 Å². The lowest BCUT2D eigenvalue weighted by atomic mass is 10.1. The Balaban J connectivity index is 1.62. The summed E-state index contributed by atoms with van der Waals surface area (Å²) in [6.07, 6.45) is 3.28. The molecule has 4 heterocycles. The molecule has 0 amide bonds. The van der Waals surface area contributed by atoms with Gasteiger partial charge in [-0.3, -0.25) is 9.78 Å². The molecule has 9 heteroatoms. The molecule has 0 radical (unpaired) electrons. The summed E-state index contributed by atoms with van der Waals surface area (Å²) in [5, 5.41) is 9.14. The average molecular weight is 460 g/mol. The highest BCUT2D eigenvalue weighted by Gasteiger charge is 2.26. The van der Waals surface area contributed by atoms with E-state index < -0.39 is 0 Å². The molecule has 5 aromatic rings. The topological polar surface area (TPSA) is 95.9 Å². The Bertz CT molecular complexity index is 1480. The molecule has 0 aliphatic rings. The van der Waals surface area contributed by atoms with Crippen molar-refractivity contribution in [3.8, 4) is 17.3 Å². The van der Waals surface area contributed by atoms with Gasteiger partial charge >= 0.3 is 0 Å². The van der Waals surface area contributed by atoms with Crippen LogP contribution < -0.4 is 4.74 Å². The molecular formula is C24H18ClN5O3. The van der Waals surface area contributed by atoms with E-state index in [4.69, 9.17) is 20.8 Å². The molecule has 8 nitrogen and oxygen atoms in total. The van der Waals surface area contributed by atoms with Gasteiger partial charge in [0.25, 0.3) is 17.6 Å². The lowest BCUT2D eigenvalue weighted by Crippen LogP contribution is -2.07. The summed E-state index contributed by atoms with van der Waals surface area (Å²) in [7, 11) is 1.59. The summed E-state index contributed by atoms with van der Waals surface area (Å²) >= 11 is 6.07. The Labute approximate surface area is 193 Å². The third-order valence-corrected chi connectivity index (χ3v) is 5.60. The summed E-state index contributed by atoms with van der Waals surface area (Å²) < 4.78 is 13.1. The molecule has 1 aromatic carbocycles.